The number of carbonyl (C=O) groups excluding carboxylic acids is 1. The smallest absolute Gasteiger partial charge is 0.353 e. The average molecular weight is 282 g/mol. The lowest BCUT2D eigenvalue weighted by atomic mass is 10.3. The maximum Gasteiger partial charge on any atom is 0.353 e. The Morgan fingerprint density at radius 3 is 2.75 bits per heavy atom. The van der Waals surface area contributed by atoms with Gasteiger partial charge in [0, 0.05) is 13.6 Å². The van der Waals surface area contributed by atoms with E-state index < -0.39 is 10.8 Å². The summed E-state index contributed by atoms with van der Waals surface area (Å²) in [5.41, 5.74) is 4.93. The van der Waals surface area contributed by atoms with Gasteiger partial charge in [-0.2, -0.15) is 0 Å². The van der Waals surface area contributed by atoms with E-state index in [0.717, 1.165) is 12.8 Å². The van der Waals surface area contributed by atoms with E-state index >= 15 is 0 Å². The molecule has 0 aliphatic rings. The van der Waals surface area contributed by atoms with Crippen molar-refractivity contribution in [2.45, 2.75) is 19.8 Å². The third-order valence-electron chi connectivity index (χ3n) is 2.65. The second kappa shape index (κ2) is 7.22. The predicted molar refractivity (Wildman–Crippen MR) is 74.5 cm³/mol. The Bertz CT molecular complexity index is 493. The second-order valence-corrected chi connectivity index (χ2v) is 4.14. The van der Waals surface area contributed by atoms with Crippen molar-refractivity contribution in [3.8, 4) is 0 Å². The van der Waals surface area contributed by atoms with Crippen molar-refractivity contribution in [1.82, 2.24) is 9.97 Å². The zero-order chi connectivity index (χ0) is 15.1. The van der Waals surface area contributed by atoms with Crippen LogP contribution in [0, 0.1) is 10.1 Å². The number of nitro groups is 1. The number of primary amides is 1. The number of amides is 1. The lowest BCUT2D eigenvalue weighted by molar-refractivity contribution is -0.383. The normalized spacial score (nSPS) is 10.1. The van der Waals surface area contributed by atoms with Gasteiger partial charge in [-0.3, -0.25) is 14.9 Å². The third-order valence-corrected chi connectivity index (χ3v) is 2.65. The average Bonchev–Trinajstić information content (AvgIpc) is 2.41. The Kier molecular flexibility index (Phi) is 5.63. The number of hydrogen-bond donors (Lipinski definition) is 2. The first-order valence-corrected chi connectivity index (χ1v) is 6.21. The Labute approximate surface area is 116 Å². The van der Waals surface area contributed by atoms with Gasteiger partial charge < -0.3 is 16.0 Å². The Hall–Kier alpha value is -2.45. The van der Waals surface area contributed by atoms with Crippen LogP contribution in [0.25, 0.3) is 0 Å². The van der Waals surface area contributed by atoms with Gasteiger partial charge >= 0.3 is 5.69 Å². The summed E-state index contributed by atoms with van der Waals surface area (Å²) >= 11 is 0. The van der Waals surface area contributed by atoms with Crippen molar-refractivity contribution in [1.29, 1.82) is 0 Å². The number of anilines is 2. The summed E-state index contributed by atoms with van der Waals surface area (Å²) in [7, 11) is 1.53. The van der Waals surface area contributed by atoms with Crippen LogP contribution in [0.2, 0.25) is 0 Å². The minimum Gasteiger partial charge on any atom is -0.368 e. The molecule has 0 radical (unpaired) electrons. The van der Waals surface area contributed by atoms with Crippen molar-refractivity contribution in [2.24, 2.45) is 5.73 Å². The Morgan fingerprint density at radius 1 is 1.55 bits per heavy atom. The molecular formula is C11H18N6O3. The van der Waals surface area contributed by atoms with E-state index in [-0.39, 0.29) is 23.9 Å². The van der Waals surface area contributed by atoms with E-state index in [9.17, 15) is 14.9 Å². The lowest BCUT2D eigenvalue weighted by Gasteiger charge is -2.21. The van der Waals surface area contributed by atoms with Crippen LogP contribution in [0.5, 0.6) is 0 Å². The van der Waals surface area contributed by atoms with E-state index in [1.165, 1.54) is 18.3 Å². The number of nitrogens with one attached hydrogen (secondary N) is 1. The summed E-state index contributed by atoms with van der Waals surface area (Å²) in [5, 5.41) is 13.9. The number of hydrogen-bond acceptors (Lipinski definition) is 7. The molecule has 9 heteroatoms. The topological polar surface area (TPSA) is 127 Å². The van der Waals surface area contributed by atoms with E-state index in [1.54, 1.807) is 0 Å². The van der Waals surface area contributed by atoms with Crippen LogP contribution in [0.3, 0.4) is 0 Å². The number of rotatable bonds is 8. The molecule has 0 saturated carbocycles. The first-order chi connectivity index (χ1) is 9.51. The van der Waals surface area contributed by atoms with Gasteiger partial charge in [0.15, 0.2) is 0 Å². The molecule has 1 aromatic heterocycles. The van der Waals surface area contributed by atoms with Crippen LogP contribution in [-0.4, -0.2) is 40.9 Å². The van der Waals surface area contributed by atoms with Crippen molar-refractivity contribution in [3.63, 3.8) is 0 Å². The molecule has 110 valence electrons. The van der Waals surface area contributed by atoms with Crippen molar-refractivity contribution < 1.29 is 9.72 Å². The minimum absolute atomic E-state index is 0.0987. The summed E-state index contributed by atoms with van der Waals surface area (Å²) in [4.78, 5) is 31.0. The highest BCUT2D eigenvalue weighted by molar-refractivity contribution is 5.81. The molecule has 0 aliphatic heterocycles. The largest absolute Gasteiger partial charge is 0.368 e. The highest BCUT2D eigenvalue weighted by Gasteiger charge is 2.26. The van der Waals surface area contributed by atoms with Gasteiger partial charge in [0.2, 0.25) is 17.5 Å². The van der Waals surface area contributed by atoms with Gasteiger partial charge in [-0.25, -0.2) is 9.97 Å². The lowest BCUT2D eigenvalue weighted by Crippen LogP contribution is -2.35. The quantitative estimate of drug-likeness (QED) is 0.525. The molecule has 0 saturated heterocycles. The summed E-state index contributed by atoms with van der Waals surface area (Å²) in [6.45, 7) is 2.32. The standard InChI is InChI=1S/C11H18N6O3/c1-3-4-5-16(6-8(12)18)11-9(17(19)20)10(13-2)14-7-15-11/h7H,3-6H2,1-2H3,(H2,12,18)(H,13,14,15). The molecule has 1 heterocycles. The number of carbonyl (C=O) groups is 1. The molecule has 9 nitrogen and oxygen atoms in total. The molecule has 0 spiro atoms. The Balaban J connectivity index is 3.23. The molecule has 0 aliphatic carbocycles. The Morgan fingerprint density at radius 2 is 2.25 bits per heavy atom. The molecule has 0 bridgehead atoms. The maximum absolute atomic E-state index is 11.2. The molecule has 0 aromatic carbocycles. The fourth-order valence-corrected chi connectivity index (χ4v) is 1.75. The van der Waals surface area contributed by atoms with Crippen LogP contribution < -0.4 is 16.0 Å². The van der Waals surface area contributed by atoms with Crippen molar-refractivity contribution >= 4 is 23.2 Å². The first-order valence-electron chi connectivity index (χ1n) is 6.21. The summed E-state index contributed by atoms with van der Waals surface area (Å²) in [5.74, 6) is -0.368. The van der Waals surface area contributed by atoms with Crippen LogP contribution in [0.4, 0.5) is 17.3 Å². The molecule has 0 fully saturated rings. The molecule has 3 N–H and O–H groups in total. The molecule has 0 atom stereocenters. The summed E-state index contributed by atoms with van der Waals surface area (Å²) in [6.07, 6.45) is 2.87. The van der Waals surface area contributed by atoms with Crippen LogP contribution in [0.1, 0.15) is 19.8 Å². The maximum atomic E-state index is 11.2. The van der Waals surface area contributed by atoms with E-state index in [2.05, 4.69) is 15.3 Å². The molecule has 1 rings (SSSR count). The van der Waals surface area contributed by atoms with Crippen LogP contribution >= 0.6 is 0 Å². The van der Waals surface area contributed by atoms with Crippen LogP contribution in [-0.2, 0) is 4.79 Å². The first kappa shape index (κ1) is 15.6. The number of unbranched alkanes of at least 4 members (excludes halogenated alkanes) is 1. The van der Waals surface area contributed by atoms with Gasteiger partial charge in [0.05, 0.1) is 11.5 Å². The van der Waals surface area contributed by atoms with E-state index in [1.807, 2.05) is 6.92 Å². The van der Waals surface area contributed by atoms with Crippen molar-refractivity contribution in [3.05, 3.63) is 16.4 Å². The minimum atomic E-state index is -0.569. The molecule has 20 heavy (non-hydrogen) atoms. The number of nitrogens with zero attached hydrogens (tertiary/aromatic N) is 4. The summed E-state index contributed by atoms with van der Waals surface area (Å²) in [6, 6.07) is 0. The van der Waals surface area contributed by atoms with Gasteiger partial charge in [0.1, 0.15) is 6.33 Å². The SMILES string of the molecule is CCCCN(CC(N)=O)c1ncnc(NC)c1[N+](=O)[O-]. The molecule has 1 amide bonds. The summed E-state index contributed by atoms with van der Waals surface area (Å²) < 4.78 is 0. The molecular weight excluding hydrogens is 264 g/mol. The third kappa shape index (κ3) is 3.77. The van der Waals surface area contributed by atoms with Gasteiger partial charge in [-0.05, 0) is 6.42 Å². The highest BCUT2D eigenvalue weighted by Crippen LogP contribution is 2.31. The second-order valence-electron chi connectivity index (χ2n) is 4.14. The van der Waals surface area contributed by atoms with Gasteiger partial charge in [-0.15, -0.1) is 0 Å². The fraction of sp³-hybridized carbons (Fsp3) is 0.545. The number of aromatic nitrogens is 2. The van der Waals surface area contributed by atoms with Gasteiger partial charge in [-0.1, -0.05) is 13.3 Å². The monoisotopic (exact) mass is 282 g/mol. The fourth-order valence-electron chi connectivity index (χ4n) is 1.75. The number of nitrogens with two attached hydrogens (primary N) is 1. The van der Waals surface area contributed by atoms with E-state index in [0.29, 0.717) is 6.54 Å². The molecule has 1 aromatic rings. The van der Waals surface area contributed by atoms with Gasteiger partial charge in [0.25, 0.3) is 0 Å². The molecule has 0 unspecified atom stereocenters. The van der Waals surface area contributed by atoms with Crippen molar-refractivity contribution in [2.75, 3.05) is 30.4 Å². The van der Waals surface area contributed by atoms with E-state index in [4.69, 9.17) is 5.73 Å². The highest BCUT2D eigenvalue weighted by atomic mass is 16.6. The van der Waals surface area contributed by atoms with Crippen LogP contribution in [0.15, 0.2) is 6.33 Å². The zero-order valence-corrected chi connectivity index (χ0v) is 11.5. The zero-order valence-electron chi connectivity index (χ0n) is 11.5. The predicted octanol–water partition coefficient (Wildman–Crippen LogP) is 0.518.